The second kappa shape index (κ2) is 3.92. The first-order valence-corrected chi connectivity index (χ1v) is 3.91. The van der Waals surface area contributed by atoms with Gasteiger partial charge in [-0.2, -0.15) is 0 Å². The predicted molar refractivity (Wildman–Crippen MR) is 49.9 cm³/mol. The summed E-state index contributed by atoms with van der Waals surface area (Å²) in [5, 5.41) is 0. The van der Waals surface area contributed by atoms with Crippen LogP contribution in [0.1, 0.15) is 13.3 Å². The third-order valence-corrected chi connectivity index (χ3v) is 1.69. The molecular formula is C8H14N4. The summed E-state index contributed by atoms with van der Waals surface area (Å²) in [5.74, 6) is 5.89. The van der Waals surface area contributed by atoms with Crippen molar-refractivity contribution in [1.82, 2.24) is 5.43 Å². The molecule has 0 aliphatic heterocycles. The number of nitrogens with zero attached hydrogens (tertiary/aromatic N) is 1. The fourth-order valence-corrected chi connectivity index (χ4v) is 0.970. The van der Waals surface area contributed by atoms with Gasteiger partial charge in [0.25, 0.3) is 0 Å². The van der Waals surface area contributed by atoms with Crippen LogP contribution in [-0.2, 0) is 0 Å². The molecule has 12 heavy (non-hydrogen) atoms. The molecule has 1 aliphatic carbocycles. The zero-order valence-corrected chi connectivity index (χ0v) is 7.12. The summed E-state index contributed by atoms with van der Waals surface area (Å²) >= 11 is 0. The average Bonchev–Trinajstić information content (AvgIpc) is 2.09. The Hall–Kier alpha value is -1.29. The van der Waals surface area contributed by atoms with Gasteiger partial charge in [0.2, 0.25) is 5.96 Å². The van der Waals surface area contributed by atoms with Gasteiger partial charge in [0.15, 0.2) is 0 Å². The van der Waals surface area contributed by atoms with E-state index >= 15 is 0 Å². The van der Waals surface area contributed by atoms with Crippen LogP contribution in [0, 0.1) is 5.92 Å². The fraction of sp³-hybridized carbons (Fsp3) is 0.375. The Morgan fingerprint density at radius 1 is 1.75 bits per heavy atom. The van der Waals surface area contributed by atoms with Crippen LogP contribution in [0.3, 0.4) is 0 Å². The predicted octanol–water partition coefficient (Wildman–Crippen LogP) is 0.244. The lowest BCUT2D eigenvalue weighted by molar-refractivity contribution is 0.729. The summed E-state index contributed by atoms with van der Waals surface area (Å²) in [6, 6.07) is 0. The van der Waals surface area contributed by atoms with E-state index < -0.39 is 0 Å². The molecule has 0 saturated carbocycles. The second-order valence-electron chi connectivity index (χ2n) is 2.84. The van der Waals surface area contributed by atoms with Crippen LogP contribution in [0.2, 0.25) is 0 Å². The molecule has 66 valence electrons. The third kappa shape index (κ3) is 2.39. The van der Waals surface area contributed by atoms with Crippen LogP contribution in [0.25, 0.3) is 0 Å². The Morgan fingerprint density at radius 2 is 2.50 bits per heavy atom. The number of guanidine groups is 1. The van der Waals surface area contributed by atoms with Crippen LogP contribution < -0.4 is 17.0 Å². The Bertz CT molecular complexity index is 239. The van der Waals surface area contributed by atoms with Crippen molar-refractivity contribution in [2.75, 3.05) is 0 Å². The van der Waals surface area contributed by atoms with Gasteiger partial charge in [0.05, 0.1) is 5.70 Å². The topological polar surface area (TPSA) is 76.4 Å². The minimum atomic E-state index is 0.237. The monoisotopic (exact) mass is 166 g/mol. The largest absolute Gasteiger partial charge is 0.369 e. The highest BCUT2D eigenvalue weighted by molar-refractivity contribution is 5.78. The van der Waals surface area contributed by atoms with Crippen LogP contribution in [0.4, 0.5) is 0 Å². The van der Waals surface area contributed by atoms with Gasteiger partial charge in [0, 0.05) is 0 Å². The molecule has 5 N–H and O–H groups in total. The van der Waals surface area contributed by atoms with Gasteiger partial charge in [-0.15, -0.1) is 0 Å². The molecule has 1 atom stereocenters. The van der Waals surface area contributed by atoms with Crippen molar-refractivity contribution in [1.29, 1.82) is 0 Å². The van der Waals surface area contributed by atoms with E-state index in [9.17, 15) is 0 Å². The van der Waals surface area contributed by atoms with E-state index in [1.54, 1.807) is 0 Å². The molecule has 0 bridgehead atoms. The summed E-state index contributed by atoms with van der Waals surface area (Å²) in [5.41, 5.74) is 8.52. The quantitative estimate of drug-likeness (QED) is 0.226. The number of aliphatic imine (C=N–C) groups is 1. The first-order chi connectivity index (χ1) is 5.72. The Labute approximate surface area is 72.0 Å². The number of nitrogens with two attached hydrogens (primary N) is 2. The maximum absolute atomic E-state index is 5.38. The number of hydrazine groups is 1. The molecule has 0 heterocycles. The summed E-state index contributed by atoms with van der Waals surface area (Å²) in [4.78, 5) is 4.02. The van der Waals surface area contributed by atoms with Gasteiger partial charge in [-0.25, -0.2) is 10.8 Å². The van der Waals surface area contributed by atoms with Crippen molar-refractivity contribution in [2.24, 2.45) is 22.5 Å². The van der Waals surface area contributed by atoms with E-state index in [2.05, 4.69) is 23.4 Å². The Morgan fingerprint density at radius 3 is 3.00 bits per heavy atom. The first kappa shape index (κ1) is 8.80. The molecule has 0 aromatic carbocycles. The minimum Gasteiger partial charge on any atom is -0.369 e. The number of hydrogen-bond donors (Lipinski definition) is 3. The lowest BCUT2D eigenvalue weighted by Gasteiger charge is -2.08. The zero-order chi connectivity index (χ0) is 8.97. The Kier molecular flexibility index (Phi) is 2.88. The summed E-state index contributed by atoms with van der Waals surface area (Å²) < 4.78 is 0. The van der Waals surface area contributed by atoms with E-state index in [1.165, 1.54) is 0 Å². The maximum Gasteiger partial charge on any atom is 0.208 e. The zero-order valence-electron chi connectivity index (χ0n) is 7.12. The standard InChI is InChI=1S/C8H14N4/c1-6-2-4-7(5-3-6)11-8(9)12-10/h2,4-6H,3,10H2,1H3,(H3,9,11,12). The molecule has 0 aromatic heterocycles. The molecule has 0 spiro atoms. The normalized spacial score (nSPS) is 23.7. The molecular weight excluding hydrogens is 152 g/mol. The molecule has 1 rings (SSSR count). The minimum absolute atomic E-state index is 0.237. The number of hydrogen-bond acceptors (Lipinski definition) is 2. The number of rotatable bonds is 1. The van der Waals surface area contributed by atoms with E-state index in [0.29, 0.717) is 5.92 Å². The van der Waals surface area contributed by atoms with Gasteiger partial charge in [-0.05, 0) is 18.4 Å². The molecule has 4 heteroatoms. The van der Waals surface area contributed by atoms with Crippen molar-refractivity contribution in [2.45, 2.75) is 13.3 Å². The summed E-state index contributed by atoms with van der Waals surface area (Å²) in [6.45, 7) is 2.15. The SMILES string of the molecule is CC1C=CC(N=C(N)NN)=CC1. The van der Waals surface area contributed by atoms with Crippen molar-refractivity contribution in [3.05, 3.63) is 23.9 Å². The lowest BCUT2D eigenvalue weighted by Crippen LogP contribution is -2.37. The van der Waals surface area contributed by atoms with Crippen molar-refractivity contribution in [3.8, 4) is 0 Å². The smallest absolute Gasteiger partial charge is 0.208 e. The van der Waals surface area contributed by atoms with Crippen LogP contribution >= 0.6 is 0 Å². The molecule has 0 saturated heterocycles. The van der Waals surface area contributed by atoms with Gasteiger partial charge < -0.3 is 5.73 Å². The van der Waals surface area contributed by atoms with Crippen molar-refractivity contribution in [3.63, 3.8) is 0 Å². The maximum atomic E-state index is 5.38. The van der Waals surface area contributed by atoms with Gasteiger partial charge in [0.1, 0.15) is 0 Å². The molecule has 4 nitrogen and oxygen atoms in total. The highest BCUT2D eigenvalue weighted by atomic mass is 15.3. The third-order valence-electron chi connectivity index (χ3n) is 1.69. The van der Waals surface area contributed by atoms with Gasteiger partial charge >= 0.3 is 0 Å². The van der Waals surface area contributed by atoms with Crippen molar-refractivity contribution >= 4 is 5.96 Å². The molecule has 0 aromatic rings. The van der Waals surface area contributed by atoms with Crippen molar-refractivity contribution < 1.29 is 0 Å². The molecule has 0 radical (unpaired) electrons. The lowest BCUT2D eigenvalue weighted by atomic mass is 10.0. The van der Waals surface area contributed by atoms with Gasteiger partial charge in [-0.3, -0.25) is 5.43 Å². The fourth-order valence-electron chi connectivity index (χ4n) is 0.970. The van der Waals surface area contributed by atoms with E-state index in [-0.39, 0.29) is 5.96 Å². The average molecular weight is 166 g/mol. The molecule has 0 amide bonds. The molecule has 1 unspecified atom stereocenters. The molecule has 1 aliphatic rings. The van der Waals surface area contributed by atoms with E-state index in [1.807, 2.05) is 12.2 Å². The second-order valence-corrected chi connectivity index (χ2v) is 2.84. The number of allylic oxidation sites excluding steroid dienone is 3. The Balaban J connectivity index is 2.61. The highest BCUT2D eigenvalue weighted by Crippen LogP contribution is 2.15. The van der Waals surface area contributed by atoms with Crippen LogP contribution in [0.15, 0.2) is 28.9 Å². The van der Waals surface area contributed by atoms with E-state index in [0.717, 1.165) is 12.1 Å². The number of nitrogens with one attached hydrogen (secondary N) is 1. The highest BCUT2D eigenvalue weighted by Gasteiger charge is 2.02. The summed E-state index contributed by atoms with van der Waals surface area (Å²) in [7, 11) is 0. The first-order valence-electron chi connectivity index (χ1n) is 3.91. The summed E-state index contributed by atoms with van der Waals surface area (Å²) in [6.07, 6.45) is 7.09. The van der Waals surface area contributed by atoms with Crippen LogP contribution in [0.5, 0.6) is 0 Å². The van der Waals surface area contributed by atoms with Crippen LogP contribution in [-0.4, -0.2) is 5.96 Å². The van der Waals surface area contributed by atoms with E-state index in [4.69, 9.17) is 11.6 Å². The molecule has 0 fully saturated rings. The van der Waals surface area contributed by atoms with Gasteiger partial charge in [-0.1, -0.05) is 19.1 Å².